The Morgan fingerprint density at radius 3 is 2.38 bits per heavy atom. The van der Waals surface area contributed by atoms with E-state index in [1.165, 1.54) is 11.1 Å². The van der Waals surface area contributed by atoms with Crippen LogP contribution < -0.4 is 0 Å². The van der Waals surface area contributed by atoms with Crippen molar-refractivity contribution in [2.75, 3.05) is 13.1 Å². The third-order valence-corrected chi connectivity index (χ3v) is 4.60. The van der Waals surface area contributed by atoms with E-state index in [2.05, 4.69) is 48.4 Å². The molecule has 0 unspecified atom stereocenters. The third-order valence-electron chi connectivity index (χ3n) is 4.60. The summed E-state index contributed by atoms with van der Waals surface area (Å²) in [6.07, 6.45) is 6.88. The first-order valence-corrected chi connectivity index (χ1v) is 7.68. The molecule has 0 aromatic heterocycles. The van der Waals surface area contributed by atoms with Crippen LogP contribution in [0.3, 0.4) is 0 Å². The highest BCUT2D eigenvalue weighted by molar-refractivity contribution is 5.33. The van der Waals surface area contributed by atoms with Crippen molar-refractivity contribution in [3.05, 3.63) is 72.5 Å². The lowest BCUT2D eigenvalue weighted by molar-refractivity contribution is -0.0259. The summed E-state index contributed by atoms with van der Waals surface area (Å²) in [5, 5.41) is 0. The maximum Gasteiger partial charge on any atom is 0.122 e. The van der Waals surface area contributed by atoms with Gasteiger partial charge in [-0.1, -0.05) is 49.6 Å². The van der Waals surface area contributed by atoms with Crippen molar-refractivity contribution in [2.24, 2.45) is 0 Å². The summed E-state index contributed by atoms with van der Waals surface area (Å²) in [5.41, 5.74) is 2.58. The fraction of sp³-hybridized carbons (Fsp3) is 0.368. The summed E-state index contributed by atoms with van der Waals surface area (Å²) in [5.74, 6) is 0.932. The van der Waals surface area contributed by atoms with Gasteiger partial charge >= 0.3 is 0 Å². The van der Waals surface area contributed by atoms with Gasteiger partial charge in [-0.2, -0.15) is 0 Å². The number of rotatable bonds is 4. The molecule has 110 valence electrons. The molecule has 1 saturated heterocycles. The van der Waals surface area contributed by atoms with Gasteiger partial charge in [0, 0.05) is 38.9 Å². The molecule has 0 N–H and O–H groups in total. The van der Waals surface area contributed by atoms with Gasteiger partial charge in [-0.05, 0) is 17.2 Å². The number of hydrogen-bond donors (Lipinski definition) is 0. The molecular formula is C19H23NO. The standard InChI is InChI=1S/C19H23NO/c1-3-17-14-19(21-18(17)4-2)10-12-20(13-11-19)15-16-8-6-5-7-9-16/h3-9H,1-2,10-15H2. The Labute approximate surface area is 127 Å². The minimum absolute atomic E-state index is 0.0137. The maximum atomic E-state index is 6.20. The van der Waals surface area contributed by atoms with Gasteiger partial charge < -0.3 is 4.74 Å². The first-order chi connectivity index (χ1) is 10.2. The van der Waals surface area contributed by atoms with Crippen LogP contribution in [0.5, 0.6) is 0 Å². The van der Waals surface area contributed by atoms with E-state index >= 15 is 0 Å². The molecule has 0 aliphatic carbocycles. The van der Waals surface area contributed by atoms with Crippen molar-refractivity contribution in [3.63, 3.8) is 0 Å². The molecule has 1 fully saturated rings. The highest BCUT2D eigenvalue weighted by Gasteiger charge is 2.41. The van der Waals surface area contributed by atoms with Crippen LogP contribution in [0.15, 0.2) is 67.0 Å². The third kappa shape index (κ3) is 2.96. The largest absolute Gasteiger partial charge is 0.487 e. The minimum Gasteiger partial charge on any atom is -0.487 e. The van der Waals surface area contributed by atoms with Crippen LogP contribution in [0.2, 0.25) is 0 Å². The Hall–Kier alpha value is -1.80. The quantitative estimate of drug-likeness (QED) is 0.825. The second kappa shape index (κ2) is 5.90. The van der Waals surface area contributed by atoms with E-state index in [9.17, 15) is 0 Å². The van der Waals surface area contributed by atoms with E-state index in [0.29, 0.717) is 0 Å². The molecule has 1 aromatic carbocycles. The first kappa shape index (κ1) is 14.2. The highest BCUT2D eigenvalue weighted by Crippen LogP contribution is 2.42. The summed E-state index contributed by atoms with van der Waals surface area (Å²) in [4.78, 5) is 2.52. The van der Waals surface area contributed by atoms with Gasteiger partial charge in [0.25, 0.3) is 0 Å². The van der Waals surface area contributed by atoms with Crippen LogP contribution in [0.1, 0.15) is 24.8 Å². The summed E-state index contributed by atoms with van der Waals surface area (Å²) in [6, 6.07) is 10.7. The number of benzene rings is 1. The van der Waals surface area contributed by atoms with Crippen LogP contribution >= 0.6 is 0 Å². The van der Waals surface area contributed by atoms with Crippen LogP contribution in [0.4, 0.5) is 0 Å². The molecule has 0 atom stereocenters. The molecule has 0 radical (unpaired) electrons. The number of hydrogen-bond acceptors (Lipinski definition) is 2. The number of allylic oxidation sites excluding steroid dienone is 2. The van der Waals surface area contributed by atoms with Crippen molar-refractivity contribution >= 4 is 0 Å². The Morgan fingerprint density at radius 1 is 1.10 bits per heavy atom. The monoisotopic (exact) mass is 281 g/mol. The lowest BCUT2D eigenvalue weighted by Crippen LogP contribution is -2.44. The Morgan fingerprint density at radius 2 is 1.81 bits per heavy atom. The lowest BCUT2D eigenvalue weighted by Gasteiger charge is -2.39. The SMILES string of the molecule is C=CC1=C(C=C)OC2(CCN(Cc3ccccc3)CC2)C1. The fourth-order valence-corrected chi connectivity index (χ4v) is 3.35. The summed E-state index contributed by atoms with van der Waals surface area (Å²) in [7, 11) is 0. The molecular weight excluding hydrogens is 258 g/mol. The summed E-state index contributed by atoms with van der Waals surface area (Å²) in [6.45, 7) is 11.0. The number of nitrogens with zero attached hydrogens (tertiary/aromatic N) is 1. The second-order valence-corrected chi connectivity index (χ2v) is 6.02. The minimum atomic E-state index is -0.0137. The number of ether oxygens (including phenoxy) is 1. The molecule has 1 aromatic rings. The van der Waals surface area contributed by atoms with Crippen LogP contribution in [0.25, 0.3) is 0 Å². The smallest absolute Gasteiger partial charge is 0.122 e. The molecule has 1 spiro atoms. The zero-order valence-electron chi connectivity index (χ0n) is 12.6. The van der Waals surface area contributed by atoms with Crippen LogP contribution in [-0.4, -0.2) is 23.6 Å². The van der Waals surface area contributed by atoms with E-state index < -0.39 is 0 Å². The predicted octanol–water partition coefficient (Wildman–Crippen LogP) is 4.07. The molecule has 2 aliphatic rings. The summed E-state index contributed by atoms with van der Waals surface area (Å²) >= 11 is 0. The molecule has 3 rings (SSSR count). The van der Waals surface area contributed by atoms with Crippen LogP contribution in [0, 0.1) is 0 Å². The number of likely N-dealkylation sites (tertiary alicyclic amines) is 1. The molecule has 0 bridgehead atoms. The molecule has 0 saturated carbocycles. The topological polar surface area (TPSA) is 12.5 Å². The second-order valence-electron chi connectivity index (χ2n) is 6.02. The Kier molecular flexibility index (Phi) is 3.98. The van der Waals surface area contributed by atoms with Crippen LogP contribution in [-0.2, 0) is 11.3 Å². The van der Waals surface area contributed by atoms with Crippen molar-refractivity contribution in [2.45, 2.75) is 31.4 Å². The van der Waals surface area contributed by atoms with Gasteiger partial charge in [0.05, 0.1) is 0 Å². The molecule has 2 heterocycles. The zero-order chi connectivity index (χ0) is 14.7. The van der Waals surface area contributed by atoms with E-state index in [1.54, 1.807) is 0 Å². The summed E-state index contributed by atoms with van der Waals surface area (Å²) < 4.78 is 6.20. The first-order valence-electron chi connectivity index (χ1n) is 7.68. The molecule has 2 nitrogen and oxygen atoms in total. The van der Waals surface area contributed by atoms with Gasteiger partial charge in [0.15, 0.2) is 0 Å². The van der Waals surface area contributed by atoms with Crippen molar-refractivity contribution in [1.82, 2.24) is 4.90 Å². The fourth-order valence-electron chi connectivity index (χ4n) is 3.35. The van der Waals surface area contributed by atoms with Crippen molar-refractivity contribution in [1.29, 1.82) is 0 Å². The van der Waals surface area contributed by atoms with Gasteiger partial charge in [-0.25, -0.2) is 0 Å². The van der Waals surface area contributed by atoms with Gasteiger partial charge in [0.2, 0.25) is 0 Å². The van der Waals surface area contributed by atoms with Crippen molar-refractivity contribution in [3.8, 4) is 0 Å². The molecule has 2 aliphatic heterocycles. The maximum absolute atomic E-state index is 6.20. The Bertz CT molecular complexity index is 528. The van der Waals surface area contributed by atoms with Gasteiger partial charge in [-0.3, -0.25) is 4.90 Å². The lowest BCUT2D eigenvalue weighted by atomic mass is 9.86. The van der Waals surface area contributed by atoms with Crippen molar-refractivity contribution < 1.29 is 4.74 Å². The Balaban J connectivity index is 1.59. The molecule has 2 heteroatoms. The van der Waals surface area contributed by atoms with Gasteiger partial charge in [-0.15, -0.1) is 0 Å². The highest BCUT2D eigenvalue weighted by atomic mass is 16.5. The average Bonchev–Trinajstić information content (AvgIpc) is 2.89. The molecule has 21 heavy (non-hydrogen) atoms. The van der Waals surface area contributed by atoms with E-state index in [4.69, 9.17) is 4.74 Å². The molecule has 0 amide bonds. The zero-order valence-corrected chi connectivity index (χ0v) is 12.6. The van der Waals surface area contributed by atoms with E-state index in [1.807, 2.05) is 12.2 Å². The van der Waals surface area contributed by atoms with E-state index in [0.717, 1.165) is 44.7 Å². The predicted molar refractivity (Wildman–Crippen MR) is 86.8 cm³/mol. The normalized spacial score (nSPS) is 21.3. The van der Waals surface area contributed by atoms with E-state index in [-0.39, 0.29) is 5.60 Å². The van der Waals surface area contributed by atoms with Gasteiger partial charge in [0.1, 0.15) is 11.4 Å². The number of piperidine rings is 1. The average molecular weight is 281 g/mol.